The van der Waals surface area contributed by atoms with Crippen LogP contribution in [0.5, 0.6) is 0 Å². The number of allylic oxidation sites excluding steroid dienone is 1. The molecule has 0 spiro atoms. The molecule has 5 nitrogen and oxygen atoms in total. The molecule has 0 unspecified atom stereocenters. The summed E-state index contributed by atoms with van der Waals surface area (Å²) >= 11 is 0. The number of hydrogen-bond donors (Lipinski definition) is 1. The van der Waals surface area contributed by atoms with Gasteiger partial charge in [0, 0.05) is 11.5 Å². The average molecular weight is 233 g/mol. The molecule has 90 valence electrons. The van der Waals surface area contributed by atoms with Crippen molar-refractivity contribution in [2.75, 3.05) is 12.8 Å². The van der Waals surface area contributed by atoms with E-state index in [-0.39, 0.29) is 5.69 Å². The summed E-state index contributed by atoms with van der Waals surface area (Å²) in [6.45, 7) is 1.84. The molecule has 0 atom stereocenters. The fraction of sp³-hybridized carbons (Fsp3) is 0.417. The molecule has 0 bridgehead atoms. The van der Waals surface area contributed by atoms with Crippen LogP contribution >= 0.6 is 0 Å². The van der Waals surface area contributed by atoms with E-state index in [1.807, 2.05) is 6.92 Å². The molecule has 0 aliphatic heterocycles. The Morgan fingerprint density at radius 1 is 1.47 bits per heavy atom. The van der Waals surface area contributed by atoms with Crippen LogP contribution in [0.1, 0.15) is 47.6 Å². The number of aromatic nitrogens is 2. The van der Waals surface area contributed by atoms with Crippen molar-refractivity contribution in [2.45, 2.75) is 25.7 Å². The Morgan fingerprint density at radius 2 is 2.18 bits per heavy atom. The van der Waals surface area contributed by atoms with Crippen molar-refractivity contribution in [1.82, 2.24) is 9.97 Å². The number of ether oxygens (including phenoxy) is 1. The normalized spacial score (nSPS) is 15.2. The van der Waals surface area contributed by atoms with Gasteiger partial charge in [-0.05, 0) is 19.8 Å². The first-order valence-electron chi connectivity index (χ1n) is 5.55. The van der Waals surface area contributed by atoms with Crippen molar-refractivity contribution < 1.29 is 9.53 Å². The number of methoxy groups -OCH3 is 1. The standard InChI is InChI=1S/C12H15N3O2/c1-3-4-8-9(12(16)17-2)14-11(7-5-6-7)15-10(8)13/h3-4,7H,5-6H2,1-2H3,(H2,13,14,15)/b4-3-. The van der Waals surface area contributed by atoms with Gasteiger partial charge in [0.2, 0.25) is 0 Å². The summed E-state index contributed by atoms with van der Waals surface area (Å²) in [5, 5.41) is 0. The van der Waals surface area contributed by atoms with Crippen molar-refractivity contribution in [3.8, 4) is 0 Å². The number of rotatable bonds is 3. The van der Waals surface area contributed by atoms with Crippen LogP contribution in [0.2, 0.25) is 0 Å². The molecule has 1 aromatic rings. The predicted molar refractivity (Wildman–Crippen MR) is 64.5 cm³/mol. The summed E-state index contributed by atoms with van der Waals surface area (Å²) < 4.78 is 4.71. The zero-order chi connectivity index (χ0) is 12.4. The number of nitrogens with zero attached hydrogens (tertiary/aromatic N) is 2. The van der Waals surface area contributed by atoms with Gasteiger partial charge >= 0.3 is 5.97 Å². The SMILES string of the molecule is C/C=C\c1c(N)nc(C2CC2)nc1C(=O)OC. The molecule has 0 saturated heterocycles. The fourth-order valence-corrected chi connectivity index (χ4v) is 1.61. The molecular formula is C12H15N3O2. The van der Waals surface area contributed by atoms with Crippen LogP contribution in [-0.2, 0) is 4.74 Å². The van der Waals surface area contributed by atoms with Crippen molar-refractivity contribution >= 4 is 17.9 Å². The minimum atomic E-state index is -0.478. The molecule has 5 heteroatoms. The second-order valence-corrected chi connectivity index (χ2v) is 4.00. The van der Waals surface area contributed by atoms with Crippen LogP contribution in [-0.4, -0.2) is 23.0 Å². The van der Waals surface area contributed by atoms with Gasteiger partial charge in [0.1, 0.15) is 11.6 Å². The van der Waals surface area contributed by atoms with Gasteiger partial charge < -0.3 is 10.5 Å². The molecule has 0 radical (unpaired) electrons. The van der Waals surface area contributed by atoms with Gasteiger partial charge in [-0.25, -0.2) is 14.8 Å². The second kappa shape index (κ2) is 4.53. The lowest BCUT2D eigenvalue weighted by molar-refractivity contribution is 0.0593. The Balaban J connectivity index is 2.53. The first kappa shape index (κ1) is 11.6. The van der Waals surface area contributed by atoms with Crippen molar-refractivity contribution in [2.24, 2.45) is 0 Å². The van der Waals surface area contributed by atoms with E-state index in [9.17, 15) is 4.79 Å². The van der Waals surface area contributed by atoms with Crippen LogP contribution in [0, 0.1) is 0 Å². The van der Waals surface area contributed by atoms with Gasteiger partial charge in [-0.3, -0.25) is 0 Å². The Morgan fingerprint density at radius 3 is 2.71 bits per heavy atom. The highest BCUT2D eigenvalue weighted by Gasteiger charge is 2.29. The predicted octanol–water partition coefficient (Wildman–Crippen LogP) is 1.76. The molecule has 1 aliphatic rings. The van der Waals surface area contributed by atoms with Crippen molar-refractivity contribution in [3.05, 3.63) is 23.2 Å². The molecule has 2 N–H and O–H groups in total. The maximum absolute atomic E-state index is 11.7. The number of carbonyl (C=O) groups excluding carboxylic acids is 1. The molecule has 1 heterocycles. The minimum Gasteiger partial charge on any atom is -0.464 e. The summed E-state index contributed by atoms with van der Waals surface area (Å²) in [7, 11) is 1.33. The summed E-state index contributed by atoms with van der Waals surface area (Å²) in [6, 6.07) is 0. The highest BCUT2D eigenvalue weighted by Crippen LogP contribution is 2.38. The zero-order valence-corrected chi connectivity index (χ0v) is 9.93. The third kappa shape index (κ3) is 2.27. The molecule has 0 amide bonds. The topological polar surface area (TPSA) is 78.1 Å². The third-order valence-corrected chi connectivity index (χ3v) is 2.65. The Bertz CT molecular complexity index is 479. The van der Waals surface area contributed by atoms with E-state index in [0.29, 0.717) is 23.1 Å². The van der Waals surface area contributed by atoms with E-state index in [0.717, 1.165) is 12.8 Å². The summed E-state index contributed by atoms with van der Waals surface area (Å²) in [5.74, 6) is 0.853. The van der Waals surface area contributed by atoms with Crippen molar-refractivity contribution in [3.63, 3.8) is 0 Å². The zero-order valence-electron chi connectivity index (χ0n) is 9.93. The van der Waals surface area contributed by atoms with E-state index >= 15 is 0 Å². The molecule has 1 fully saturated rings. The van der Waals surface area contributed by atoms with E-state index in [4.69, 9.17) is 10.5 Å². The van der Waals surface area contributed by atoms with Gasteiger partial charge in [-0.1, -0.05) is 12.2 Å². The third-order valence-electron chi connectivity index (χ3n) is 2.65. The Kier molecular flexibility index (Phi) is 3.08. The summed E-state index contributed by atoms with van der Waals surface area (Å²) in [4.78, 5) is 20.2. The lowest BCUT2D eigenvalue weighted by Crippen LogP contribution is -2.13. The number of nitrogen functional groups attached to an aromatic ring is 1. The molecular weight excluding hydrogens is 218 g/mol. The number of carbonyl (C=O) groups is 1. The number of esters is 1. The van der Waals surface area contributed by atoms with Crippen LogP contribution in [0.15, 0.2) is 6.08 Å². The van der Waals surface area contributed by atoms with Gasteiger partial charge in [-0.15, -0.1) is 0 Å². The molecule has 1 aromatic heterocycles. The van der Waals surface area contributed by atoms with Crippen LogP contribution < -0.4 is 5.73 Å². The van der Waals surface area contributed by atoms with E-state index in [1.165, 1.54) is 7.11 Å². The largest absolute Gasteiger partial charge is 0.464 e. The molecule has 1 saturated carbocycles. The van der Waals surface area contributed by atoms with Crippen LogP contribution in [0.3, 0.4) is 0 Å². The highest BCUT2D eigenvalue weighted by molar-refractivity contribution is 5.93. The van der Waals surface area contributed by atoms with E-state index in [1.54, 1.807) is 12.2 Å². The molecule has 2 rings (SSSR count). The first-order chi connectivity index (χ1) is 8.17. The minimum absolute atomic E-state index is 0.250. The van der Waals surface area contributed by atoms with Gasteiger partial charge in [0.25, 0.3) is 0 Å². The van der Waals surface area contributed by atoms with E-state index in [2.05, 4.69) is 9.97 Å². The van der Waals surface area contributed by atoms with Crippen LogP contribution in [0.4, 0.5) is 5.82 Å². The average Bonchev–Trinajstić information content (AvgIpc) is 3.14. The van der Waals surface area contributed by atoms with E-state index < -0.39 is 5.97 Å². The highest BCUT2D eigenvalue weighted by atomic mass is 16.5. The van der Waals surface area contributed by atoms with Gasteiger partial charge in [-0.2, -0.15) is 0 Å². The summed E-state index contributed by atoms with van der Waals surface area (Å²) in [6.07, 6.45) is 5.63. The lowest BCUT2D eigenvalue weighted by Gasteiger charge is -2.08. The summed E-state index contributed by atoms with van der Waals surface area (Å²) in [5.41, 5.74) is 6.64. The quantitative estimate of drug-likeness (QED) is 0.805. The number of anilines is 1. The molecule has 17 heavy (non-hydrogen) atoms. The maximum Gasteiger partial charge on any atom is 0.357 e. The second-order valence-electron chi connectivity index (χ2n) is 4.00. The van der Waals surface area contributed by atoms with Crippen molar-refractivity contribution in [1.29, 1.82) is 0 Å². The maximum atomic E-state index is 11.7. The van der Waals surface area contributed by atoms with Gasteiger partial charge in [0.05, 0.1) is 7.11 Å². The Labute approximate surface area is 99.7 Å². The lowest BCUT2D eigenvalue weighted by atomic mass is 10.2. The van der Waals surface area contributed by atoms with Gasteiger partial charge in [0.15, 0.2) is 5.69 Å². The fourth-order valence-electron chi connectivity index (χ4n) is 1.61. The molecule has 1 aliphatic carbocycles. The van der Waals surface area contributed by atoms with Crippen LogP contribution in [0.25, 0.3) is 6.08 Å². The number of hydrogen-bond acceptors (Lipinski definition) is 5. The first-order valence-corrected chi connectivity index (χ1v) is 5.55. The number of nitrogens with two attached hydrogens (primary N) is 1. The molecule has 0 aromatic carbocycles. The Hall–Kier alpha value is -1.91. The monoisotopic (exact) mass is 233 g/mol. The smallest absolute Gasteiger partial charge is 0.357 e.